The summed E-state index contributed by atoms with van der Waals surface area (Å²) >= 11 is 7.49. The fraction of sp³-hybridized carbons (Fsp3) is 0.0870. The molecule has 0 bridgehead atoms. The van der Waals surface area contributed by atoms with Gasteiger partial charge in [0.2, 0.25) is 5.91 Å². The van der Waals surface area contributed by atoms with Gasteiger partial charge in [-0.15, -0.1) is 10.2 Å². The van der Waals surface area contributed by atoms with Crippen LogP contribution in [0.3, 0.4) is 0 Å². The van der Waals surface area contributed by atoms with E-state index in [1.54, 1.807) is 31.4 Å². The molecule has 4 rings (SSSR count). The molecular formula is C23H19ClN4O2S. The van der Waals surface area contributed by atoms with Crippen LogP contribution in [-0.2, 0) is 4.79 Å². The van der Waals surface area contributed by atoms with Gasteiger partial charge in [-0.1, -0.05) is 53.7 Å². The molecule has 8 heteroatoms. The van der Waals surface area contributed by atoms with Gasteiger partial charge in [0.05, 0.1) is 12.9 Å². The van der Waals surface area contributed by atoms with Crippen molar-refractivity contribution in [1.29, 1.82) is 0 Å². The number of carbonyl (C=O) groups excluding carboxylic acids is 1. The molecule has 1 amide bonds. The minimum absolute atomic E-state index is 0.137. The maximum absolute atomic E-state index is 12.5. The van der Waals surface area contributed by atoms with E-state index in [-0.39, 0.29) is 11.7 Å². The van der Waals surface area contributed by atoms with Gasteiger partial charge >= 0.3 is 0 Å². The lowest BCUT2D eigenvalue weighted by atomic mass is 10.2. The number of nitrogens with one attached hydrogen (secondary N) is 1. The molecule has 3 aromatic carbocycles. The summed E-state index contributed by atoms with van der Waals surface area (Å²) in [4.78, 5) is 12.5. The quantitative estimate of drug-likeness (QED) is 0.385. The van der Waals surface area contributed by atoms with Crippen molar-refractivity contribution in [2.45, 2.75) is 5.16 Å². The van der Waals surface area contributed by atoms with Crippen molar-refractivity contribution in [3.8, 4) is 22.8 Å². The number of thioether (sulfide) groups is 1. The minimum Gasteiger partial charge on any atom is -0.497 e. The lowest BCUT2D eigenvalue weighted by molar-refractivity contribution is -0.113. The Hall–Kier alpha value is -3.29. The molecule has 0 unspecified atom stereocenters. The van der Waals surface area contributed by atoms with Crippen LogP contribution in [0.4, 0.5) is 5.69 Å². The fourth-order valence-electron chi connectivity index (χ4n) is 2.99. The Morgan fingerprint density at radius 3 is 2.52 bits per heavy atom. The largest absolute Gasteiger partial charge is 0.497 e. The zero-order valence-corrected chi connectivity index (χ0v) is 18.2. The number of rotatable bonds is 7. The molecule has 0 atom stereocenters. The summed E-state index contributed by atoms with van der Waals surface area (Å²) in [6, 6.07) is 24.4. The summed E-state index contributed by atoms with van der Waals surface area (Å²) in [5, 5.41) is 12.8. The van der Waals surface area contributed by atoms with Crippen LogP contribution in [0.5, 0.6) is 5.75 Å². The standard InChI is InChI=1S/C23H19ClN4O2S/c1-30-20-12-10-18(11-13-20)25-21(29)15-31-23-27-26-22(16-6-5-7-17(24)14-16)28(23)19-8-3-2-4-9-19/h2-14H,15H2,1H3,(H,25,29). The van der Waals surface area contributed by atoms with Gasteiger partial charge < -0.3 is 10.1 Å². The molecule has 1 heterocycles. The molecule has 1 N–H and O–H groups in total. The van der Waals surface area contributed by atoms with Crippen molar-refractivity contribution in [3.05, 3.63) is 83.9 Å². The smallest absolute Gasteiger partial charge is 0.234 e. The first kappa shape index (κ1) is 21.0. The van der Waals surface area contributed by atoms with Crippen molar-refractivity contribution in [2.24, 2.45) is 0 Å². The van der Waals surface area contributed by atoms with Crippen molar-refractivity contribution in [3.63, 3.8) is 0 Å². The van der Waals surface area contributed by atoms with Crippen LogP contribution < -0.4 is 10.1 Å². The Morgan fingerprint density at radius 1 is 1.03 bits per heavy atom. The highest BCUT2D eigenvalue weighted by Gasteiger charge is 2.17. The second-order valence-electron chi connectivity index (χ2n) is 6.55. The maximum atomic E-state index is 12.5. The van der Waals surface area contributed by atoms with E-state index in [1.807, 2.05) is 59.2 Å². The van der Waals surface area contributed by atoms with Gasteiger partial charge in [0.15, 0.2) is 11.0 Å². The summed E-state index contributed by atoms with van der Waals surface area (Å²) in [5.41, 5.74) is 2.45. The normalized spacial score (nSPS) is 10.6. The molecule has 0 aliphatic carbocycles. The molecule has 0 spiro atoms. The number of hydrogen-bond donors (Lipinski definition) is 1. The number of nitrogens with zero attached hydrogens (tertiary/aromatic N) is 3. The second kappa shape index (κ2) is 9.68. The monoisotopic (exact) mass is 450 g/mol. The van der Waals surface area contributed by atoms with Crippen molar-refractivity contribution < 1.29 is 9.53 Å². The van der Waals surface area contributed by atoms with E-state index in [4.69, 9.17) is 16.3 Å². The maximum Gasteiger partial charge on any atom is 0.234 e. The van der Waals surface area contributed by atoms with Gasteiger partial charge in [0, 0.05) is 22.0 Å². The van der Waals surface area contributed by atoms with Crippen molar-refractivity contribution >= 4 is 35.0 Å². The first-order chi connectivity index (χ1) is 15.1. The summed E-state index contributed by atoms with van der Waals surface area (Å²) in [6.45, 7) is 0. The summed E-state index contributed by atoms with van der Waals surface area (Å²) in [5.74, 6) is 1.44. The summed E-state index contributed by atoms with van der Waals surface area (Å²) < 4.78 is 7.07. The lowest BCUT2D eigenvalue weighted by Gasteiger charge is -2.11. The van der Waals surface area contributed by atoms with Gasteiger partial charge in [0.1, 0.15) is 5.75 Å². The van der Waals surface area contributed by atoms with E-state index >= 15 is 0 Å². The van der Waals surface area contributed by atoms with E-state index in [0.29, 0.717) is 21.7 Å². The Balaban J connectivity index is 1.56. The van der Waals surface area contributed by atoms with Crippen LogP contribution in [0.1, 0.15) is 0 Å². The highest BCUT2D eigenvalue weighted by molar-refractivity contribution is 7.99. The lowest BCUT2D eigenvalue weighted by Crippen LogP contribution is -2.14. The van der Waals surface area contributed by atoms with Crippen LogP contribution in [0, 0.1) is 0 Å². The molecule has 0 radical (unpaired) electrons. The molecule has 4 aromatic rings. The minimum atomic E-state index is -0.137. The summed E-state index contributed by atoms with van der Waals surface area (Å²) in [6.07, 6.45) is 0. The molecule has 1 aromatic heterocycles. The Bertz CT molecular complexity index is 1180. The number of anilines is 1. The van der Waals surface area contributed by atoms with Crippen LogP contribution in [-0.4, -0.2) is 33.5 Å². The highest BCUT2D eigenvalue weighted by Crippen LogP contribution is 2.29. The Kier molecular flexibility index (Phi) is 6.54. The van der Waals surface area contributed by atoms with Crippen LogP contribution in [0.2, 0.25) is 5.02 Å². The second-order valence-corrected chi connectivity index (χ2v) is 7.93. The van der Waals surface area contributed by atoms with Crippen LogP contribution in [0.15, 0.2) is 84.0 Å². The number of amides is 1. The molecule has 0 aliphatic heterocycles. The SMILES string of the molecule is COc1ccc(NC(=O)CSc2nnc(-c3cccc(Cl)c3)n2-c2ccccc2)cc1. The van der Waals surface area contributed by atoms with Gasteiger partial charge in [-0.2, -0.15) is 0 Å². The molecule has 31 heavy (non-hydrogen) atoms. The van der Waals surface area contributed by atoms with Gasteiger partial charge in [-0.25, -0.2) is 0 Å². The Labute approximate surface area is 189 Å². The van der Waals surface area contributed by atoms with E-state index in [0.717, 1.165) is 17.0 Å². The fourth-order valence-corrected chi connectivity index (χ4v) is 3.93. The highest BCUT2D eigenvalue weighted by atomic mass is 35.5. The average Bonchev–Trinajstić information content (AvgIpc) is 3.23. The third-order valence-electron chi connectivity index (χ3n) is 4.44. The molecule has 156 valence electrons. The third kappa shape index (κ3) is 5.07. The number of ether oxygens (including phenoxy) is 1. The third-order valence-corrected chi connectivity index (χ3v) is 5.60. The number of hydrogen-bond acceptors (Lipinski definition) is 5. The van der Waals surface area contributed by atoms with Gasteiger partial charge in [-0.3, -0.25) is 9.36 Å². The molecule has 6 nitrogen and oxygen atoms in total. The predicted molar refractivity (Wildman–Crippen MR) is 124 cm³/mol. The van der Waals surface area contributed by atoms with E-state index < -0.39 is 0 Å². The van der Waals surface area contributed by atoms with Crippen molar-refractivity contribution in [2.75, 3.05) is 18.2 Å². The molecule has 0 aliphatic rings. The Morgan fingerprint density at radius 2 is 1.81 bits per heavy atom. The van der Waals surface area contributed by atoms with E-state index in [1.165, 1.54) is 11.8 Å². The average molecular weight is 451 g/mol. The zero-order chi connectivity index (χ0) is 21.6. The summed E-state index contributed by atoms with van der Waals surface area (Å²) in [7, 11) is 1.60. The molecule has 0 saturated carbocycles. The van der Waals surface area contributed by atoms with Crippen LogP contribution >= 0.6 is 23.4 Å². The first-order valence-corrected chi connectivity index (χ1v) is 10.8. The number of aromatic nitrogens is 3. The zero-order valence-electron chi connectivity index (χ0n) is 16.7. The van der Waals surface area contributed by atoms with Gasteiger partial charge in [0.25, 0.3) is 0 Å². The molecular weight excluding hydrogens is 432 g/mol. The number of para-hydroxylation sites is 1. The van der Waals surface area contributed by atoms with E-state index in [9.17, 15) is 4.79 Å². The number of benzene rings is 3. The number of methoxy groups -OCH3 is 1. The number of halogens is 1. The van der Waals surface area contributed by atoms with Crippen molar-refractivity contribution in [1.82, 2.24) is 14.8 Å². The molecule has 0 saturated heterocycles. The predicted octanol–water partition coefficient (Wildman–Crippen LogP) is 5.33. The van der Waals surface area contributed by atoms with Crippen LogP contribution in [0.25, 0.3) is 17.1 Å². The topological polar surface area (TPSA) is 69.0 Å². The first-order valence-electron chi connectivity index (χ1n) is 9.47. The molecule has 0 fully saturated rings. The number of carbonyl (C=O) groups is 1. The van der Waals surface area contributed by atoms with Gasteiger partial charge in [-0.05, 0) is 48.5 Å². The van der Waals surface area contributed by atoms with E-state index in [2.05, 4.69) is 15.5 Å².